The molecule has 0 saturated carbocycles. The van der Waals surface area contributed by atoms with Crippen molar-refractivity contribution in [1.82, 2.24) is 15.3 Å². The maximum absolute atomic E-state index is 11.8. The smallest absolute Gasteiger partial charge is 0.242 e. The summed E-state index contributed by atoms with van der Waals surface area (Å²) in [4.78, 5) is 20.5. The molecule has 2 N–H and O–H groups in total. The number of carbonyl (C=O) groups is 1. The van der Waals surface area contributed by atoms with E-state index in [-0.39, 0.29) is 11.9 Å². The fourth-order valence-electron chi connectivity index (χ4n) is 2.08. The fourth-order valence-corrected chi connectivity index (χ4v) is 2.27. The Balaban J connectivity index is 2.20. The van der Waals surface area contributed by atoms with Crippen LogP contribution in [0.3, 0.4) is 0 Å². The van der Waals surface area contributed by atoms with Gasteiger partial charge in [-0.2, -0.15) is 0 Å². The Hall–Kier alpha value is -1.36. The second-order valence-corrected chi connectivity index (χ2v) is 5.14. The number of nitrogens with one attached hydrogen (secondary N) is 2. The minimum absolute atomic E-state index is 0.0254. The lowest BCUT2D eigenvalue weighted by Crippen LogP contribution is -2.44. The molecule has 6 heteroatoms. The van der Waals surface area contributed by atoms with Crippen LogP contribution in [0.1, 0.15) is 37.6 Å². The first-order chi connectivity index (χ1) is 9.11. The van der Waals surface area contributed by atoms with E-state index < -0.39 is 0 Å². The number of piperidine rings is 1. The van der Waals surface area contributed by atoms with Gasteiger partial charge in [-0.05, 0) is 26.2 Å². The van der Waals surface area contributed by atoms with Crippen LogP contribution < -0.4 is 10.6 Å². The molecule has 0 bridgehead atoms. The van der Waals surface area contributed by atoms with Gasteiger partial charge in [0.1, 0.15) is 22.8 Å². The Morgan fingerprint density at radius 1 is 1.47 bits per heavy atom. The Morgan fingerprint density at radius 2 is 2.26 bits per heavy atom. The standard InChI is InChI=1S/C13H19ClN4O/c1-3-5-10-17-11(14)8(2)12(18-10)16-9-6-4-7-15-13(9)19/h9H,3-7H2,1-2H3,(H,15,19)(H,16,17,18). The zero-order valence-corrected chi connectivity index (χ0v) is 12.0. The normalized spacial score (nSPS) is 19.1. The number of rotatable bonds is 4. The summed E-state index contributed by atoms with van der Waals surface area (Å²) in [5.74, 6) is 1.42. The Morgan fingerprint density at radius 3 is 2.95 bits per heavy atom. The predicted molar refractivity (Wildman–Crippen MR) is 75.4 cm³/mol. The van der Waals surface area contributed by atoms with Gasteiger partial charge in [-0.3, -0.25) is 4.79 Å². The van der Waals surface area contributed by atoms with Crippen molar-refractivity contribution in [2.45, 2.75) is 45.6 Å². The lowest BCUT2D eigenvalue weighted by Gasteiger charge is -2.24. The molecule has 1 amide bonds. The number of aromatic nitrogens is 2. The second kappa shape index (κ2) is 6.19. The van der Waals surface area contributed by atoms with Crippen molar-refractivity contribution >= 4 is 23.3 Å². The third kappa shape index (κ3) is 3.35. The molecule has 1 aromatic rings. The molecule has 0 aromatic carbocycles. The highest BCUT2D eigenvalue weighted by atomic mass is 35.5. The van der Waals surface area contributed by atoms with E-state index >= 15 is 0 Å². The van der Waals surface area contributed by atoms with Gasteiger partial charge in [-0.15, -0.1) is 0 Å². The summed E-state index contributed by atoms with van der Waals surface area (Å²) in [6.45, 7) is 4.68. The summed E-state index contributed by atoms with van der Waals surface area (Å²) in [6.07, 6.45) is 3.54. The molecule has 19 heavy (non-hydrogen) atoms. The van der Waals surface area contributed by atoms with Crippen LogP contribution in [0.4, 0.5) is 5.82 Å². The highest BCUT2D eigenvalue weighted by Gasteiger charge is 2.23. The van der Waals surface area contributed by atoms with Gasteiger partial charge in [0.2, 0.25) is 5.91 Å². The van der Waals surface area contributed by atoms with Crippen LogP contribution in [0.15, 0.2) is 0 Å². The van der Waals surface area contributed by atoms with Crippen LogP contribution in [0, 0.1) is 6.92 Å². The van der Waals surface area contributed by atoms with Crippen LogP contribution >= 0.6 is 11.6 Å². The summed E-state index contributed by atoms with van der Waals surface area (Å²) < 4.78 is 0. The number of hydrogen-bond acceptors (Lipinski definition) is 4. The largest absolute Gasteiger partial charge is 0.358 e. The summed E-state index contributed by atoms with van der Waals surface area (Å²) in [5, 5.41) is 6.50. The van der Waals surface area contributed by atoms with Gasteiger partial charge in [-0.25, -0.2) is 9.97 Å². The van der Waals surface area contributed by atoms with E-state index in [2.05, 4.69) is 27.5 Å². The SMILES string of the molecule is CCCc1nc(Cl)c(C)c(NC2CCCNC2=O)n1. The van der Waals surface area contributed by atoms with Crippen LogP contribution in [0.25, 0.3) is 0 Å². The zero-order chi connectivity index (χ0) is 13.8. The van der Waals surface area contributed by atoms with Gasteiger partial charge >= 0.3 is 0 Å². The molecule has 2 rings (SSSR count). The number of aryl methyl sites for hydroxylation is 1. The van der Waals surface area contributed by atoms with E-state index in [1.54, 1.807) is 0 Å². The average molecular weight is 283 g/mol. The van der Waals surface area contributed by atoms with Crippen molar-refractivity contribution in [3.8, 4) is 0 Å². The van der Waals surface area contributed by atoms with E-state index in [0.717, 1.165) is 43.6 Å². The van der Waals surface area contributed by atoms with Crippen LogP contribution in [-0.4, -0.2) is 28.5 Å². The molecule has 1 fully saturated rings. The molecule has 1 unspecified atom stereocenters. The molecule has 2 heterocycles. The summed E-state index contributed by atoms with van der Waals surface area (Å²) in [6, 6.07) is -0.229. The van der Waals surface area contributed by atoms with Crippen LogP contribution in [-0.2, 0) is 11.2 Å². The molecule has 1 atom stereocenters. The Bertz CT molecular complexity index is 478. The second-order valence-electron chi connectivity index (χ2n) is 4.78. The van der Waals surface area contributed by atoms with Crippen molar-refractivity contribution in [3.63, 3.8) is 0 Å². The molecule has 0 radical (unpaired) electrons. The third-order valence-electron chi connectivity index (χ3n) is 3.20. The lowest BCUT2D eigenvalue weighted by atomic mass is 10.1. The van der Waals surface area contributed by atoms with E-state index in [1.807, 2.05) is 6.92 Å². The molecule has 0 spiro atoms. The molecular weight excluding hydrogens is 264 g/mol. The van der Waals surface area contributed by atoms with Crippen LogP contribution in [0.2, 0.25) is 5.15 Å². The first kappa shape index (κ1) is 14.1. The molecule has 1 aliphatic heterocycles. The molecular formula is C13H19ClN4O. The molecule has 5 nitrogen and oxygen atoms in total. The van der Waals surface area contributed by atoms with Gasteiger partial charge in [0.25, 0.3) is 0 Å². The monoisotopic (exact) mass is 282 g/mol. The Labute approximate surface area is 118 Å². The quantitative estimate of drug-likeness (QED) is 0.830. The maximum Gasteiger partial charge on any atom is 0.242 e. The van der Waals surface area contributed by atoms with Gasteiger partial charge < -0.3 is 10.6 Å². The topological polar surface area (TPSA) is 66.9 Å². The van der Waals surface area contributed by atoms with Crippen molar-refractivity contribution in [2.75, 3.05) is 11.9 Å². The number of carbonyl (C=O) groups excluding carboxylic acids is 1. The van der Waals surface area contributed by atoms with Crippen molar-refractivity contribution in [1.29, 1.82) is 0 Å². The summed E-state index contributed by atoms with van der Waals surface area (Å²) in [5.41, 5.74) is 0.792. The van der Waals surface area contributed by atoms with Crippen LogP contribution in [0.5, 0.6) is 0 Å². The number of hydrogen-bond donors (Lipinski definition) is 2. The number of halogens is 1. The number of amides is 1. The van der Waals surface area contributed by atoms with E-state index in [1.165, 1.54) is 0 Å². The van der Waals surface area contributed by atoms with Gasteiger partial charge in [0.15, 0.2) is 0 Å². The molecule has 1 saturated heterocycles. The van der Waals surface area contributed by atoms with Gasteiger partial charge in [0, 0.05) is 18.5 Å². The fraction of sp³-hybridized carbons (Fsp3) is 0.615. The minimum atomic E-state index is -0.229. The summed E-state index contributed by atoms with van der Waals surface area (Å²) in [7, 11) is 0. The number of nitrogens with zero attached hydrogens (tertiary/aromatic N) is 2. The molecule has 0 aliphatic carbocycles. The van der Waals surface area contributed by atoms with E-state index in [9.17, 15) is 4.79 Å². The minimum Gasteiger partial charge on any atom is -0.358 e. The molecule has 1 aliphatic rings. The van der Waals surface area contributed by atoms with E-state index in [0.29, 0.717) is 11.0 Å². The van der Waals surface area contributed by atoms with Gasteiger partial charge in [-0.1, -0.05) is 18.5 Å². The zero-order valence-electron chi connectivity index (χ0n) is 11.3. The lowest BCUT2D eigenvalue weighted by molar-refractivity contribution is -0.123. The van der Waals surface area contributed by atoms with Crippen molar-refractivity contribution < 1.29 is 4.79 Å². The van der Waals surface area contributed by atoms with Crippen molar-refractivity contribution in [2.24, 2.45) is 0 Å². The molecule has 104 valence electrons. The first-order valence-corrected chi connectivity index (χ1v) is 7.07. The number of anilines is 1. The third-order valence-corrected chi connectivity index (χ3v) is 3.57. The molecule has 1 aromatic heterocycles. The average Bonchev–Trinajstić information content (AvgIpc) is 2.38. The Kier molecular flexibility index (Phi) is 4.58. The van der Waals surface area contributed by atoms with Crippen molar-refractivity contribution in [3.05, 3.63) is 16.5 Å². The van der Waals surface area contributed by atoms with E-state index in [4.69, 9.17) is 11.6 Å². The summed E-state index contributed by atoms with van der Waals surface area (Å²) >= 11 is 6.12. The first-order valence-electron chi connectivity index (χ1n) is 6.69. The highest BCUT2D eigenvalue weighted by Crippen LogP contribution is 2.22. The van der Waals surface area contributed by atoms with Gasteiger partial charge in [0.05, 0.1) is 0 Å². The predicted octanol–water partition coefficient (Wildman–Crippen LogP) is 2.08. The highest BCUT2D eigenvalue weighted by molar-refractivity contribution is 6.30. The maximum atomic E-state index is 11.8.